The van der Waals surface area contributed by atoms with E-state index in [9.17, 15) is 4.79 Å². The largest absolute Gasteiger partial charge is 0.333 e. The van der Waals surface area contributed by atoms with E-state index in [2.05, 4.69) is 5.32 Å². The van der Waals surface area contributed by atoms with Crippen molar-refractivity contribution in [3.63, 3.8) is 0 Å². The van der Waals surface area contributed by atoms with E-state index in [4.69, 9.17) is 23.2 Å². The average molecular weight is 335 g/mol. The van der Waals surface area contributed by atoms with Crippen molar-refractivity contribution in [1.29, 1.82) is 0 Å². The Hall–Kier alpha value is -1.35. The molecule has 0 spiro atoms. The van der Waals surface area contributed by atoms with Crippen LogP contribution in [0.3, 0.4) is 0 Å². The average Bonchev–Trinajstić information content (AvgIpc) is 2.52. The molecule has 114 valence electrons. The van der Waals surface area contributed by atoms with Crippen molar-refractivity contribution in [2.75, 3.05) is 0 Å². The molecule has 3 rings (SSSR count). The van der Waals surface area contributed by atoms with Crippen molar-refractivity contribution >= 4 is 29.0 Å². The lowest BCUT2D eigenvalue weighted by Gasteiger charge is -2.32. The standard InChI is InChI=1S/C18H17Cl2NO/c1-11-17(22)10-16(12-2-6-14(19)7-3-12)21-18(11)13-4-8-15(20)9-5-13/h2-9,11,16,18,21H,10H2,1H3/p+1/t11-,16+,18+/m1/s1. The number of rotatable bonds is 2. The highest BCUT2D eigenvalue weighted by atomic mass is 35.5. The van der Waals surface area contributed by atoms with Crippen LogP contribution < -0.4 is 5.32 Å². The Labute approximate surface area is 140 Å². The number of benzene rings is 2. The number of hydrogen-bond acceptors (Lipinski definition) is 1. The van der Waals surface area contributed by atoms with Crippen LogP contribution in [0.4, 0.5) is 0 Å². The van der Waals surface area contributed by atoms with Gasteiger partial charge in [0, 0.05) is 21.2 Å². The first kappa shape index (κ1) is 15.5. The predicted octanol–water partition coefficient (Wildman–Crippen LogP) is 3.95. The fourth-order valence-electron chi connectivity index (χ4n) is 3.11. The summed E-state index contributed by atoms with van der Waals surface area (Å²) in [6.07, 6.45) is 0.562. The molecule has 2 nitrogen and oxygen atoms in total. The van der Waals surface area contributed by atoms with Crippen molar-refractivity contribution < 1.29 is 10.1 Å². The zero-order valence-corrected chi connectivity index (χ0v) is 13.8. The van der Waals surface area contributed by atoms with Crippen LogP contribution in [0.25, 0.3) is 0 Å². The van der Waals surface area contributed by atoms with Crippen LogP contribution in [0, 0.1) is 5.92 Å². The van der Waals surface area contributed by atoms with Crippen molar-refractivity contribution in [2.45, 2.75) is 25.4 Å². The van der Waals surface area contributed by atoms with Gasteiger partial charge in [0.25, 0.3) is 0 Å². The third kappa shape index (κ3) is 3.19. The highest BCUT2D eigenvalue weighted by Crippen LogP contribution is 2.29. The molecule has 0 unspecified atom stereocenters. The summed E-state index contributed by atoms with van der Waals surface area (Å²) < 4.78 is 0. The molecular weight excluding hydrogens is 317 g/mol. The number of carbonyl (C=O) groups is 1. The Morgan fingerprint density at radius 2 is 1.41 bits per heavy atom. The molecule has 0 bridgehead atoms. The van der Waals surface area contributed by atoms with Gasteiger partial charge in [-0.3, -0.25) is 4.79 Å². The third-order valence-corrected chi connectivity index (χ3v) is 4.96. The zero-order valence-electron chi connectivity index (χ0n) is 12.3. The molecule has 2 aromatic rings. The molecule has 1 saturated heterocycles. The Kier molecular flexibility index (Phi) is 4.53. The molecule has 1 fully saturated rings. The van der Waals surface area contributed by atoms with Gasteiger partial charge in [-0.1, -0.05) is 47.5 Å². The second-order valence-corrected chi connectivity index (χ2v) is 6.76. The maximum absolute atomic E-state index is 12.4. The van der Waals surface area contributed by atoms with E-state index in [1.54, 1.807) is 0 Å². The lowest BCUT2D eigenvalue weighted by Crippen LogP contribution is -2.90. The summed E-state index contributed by atoms with van der Waals surface area (Å²) in [5, 5.41) is 3.72. The SMILES string of the molecule is C[C@@H]1C(=O)C[C@@H](c2ccc(Cl)cc2)[NH2+][C@@H]1c1ccc(Cl)cc1. The molecule has 1 aliphatic heterocycles. The number of hydrogen-bond donors (Lipinski definition) is 1. The van der Waals surface area contributed by atoms with E-state index in [1.165, 1.54) is 0 Å². The summed E-state index contributed by atoms with van der Waals surface area (Å²) in [4.78, 5) is 12.4. The number of carbonyl (C=O) groups excluding carboxylic acids is 1. The van der Waals surface area contributed by atoms with E-state index in [1.807, 2.05) is 55.5 Å². The van der Waals surface area contributed by atoms with Gasteiger partial charge in [0.1, 0.15) is 17.9 Å². The number of ketones is 1. The lowest BCUT2D eigenvalue weighted by atomic mass is 9.82. The van der Waals surface area contributed by atoms with Crippen molar-refractivity contribution in [1.82, 2.24) is 0 Å². The maximum atomic E-state index is 12.4. The Balaban J connectivity index is 1.88. The number of halogens is 2. The molecule has 0 radical (unpaired) electrons. The van der Waals surface area contributed by atoms with Gasteiger partial charge < -0.3 is 5.32 Å². The minimum absolute atomic E-state index is 0.00438. The molecule has 1 aliphatic rings. The first-order valence-corrected chi connectivity index (χ1v) is 8.19. The molecule has 3 atom stereocenters. The summed E-state index contributed by atoms with van der Waals surface area (Å²) in [6, 6.07) is 15.8. The highest BCUT2D eigenvalue weighted by molar-refractivity contribution is 6.30. The molecule has 2 N–H and O–H groups in total. The topological polar surface area (TPSA) is 33.7 Å². The van der Waals surface area contributed by atoms with E-state index in [-0.39, 0.29) is 18.0 Å². The van der Waals surface area contributed by atoms with Crippen molar-refractivity contribution in [2.24, 2.45) is 5.92 Å². The second kappa shape index (κ2) is 6.41. The molecule has 0 aromatic heterocycles. The monoisotopic (exact) mass is 334 g/mol. The molecule has 22 heavy (non-hydrogen) atoms. The van der Waals surface area contributed by atoms with Crippen LogP contribution in [0.5, 0.6) is 0 Å². The minimum atomic E-state index is 0.00438. The van der Waals surface area contributed by atoms with Crippen LogP contribution in [0.1, 0.15) is 36.6 Å². The van der Waals surface area contributed by atoms with E-state index in [0.717, 1.165) is 11.1 Å². The summed E-state index contributed by atoms with van der Waals surface area (Å²) >= 11 is 11.9. The number of piperidine rings is 1. The Morgan fingerprint density at radius 3 is 1.95 bits per heavy atom. The van der Waals surface area contributed by atoms with Crippen LogP contribution in [-0.2, 0) is 4.79 Å². The summed E-state index contributed by atoms with van der Waals surface area (Å²) in [5.41, 5.74) is 2.28. The molecule has 1 heterocycles. The van der Waals surface area contributed by atoms with Gasteiger partial charge in [0.15, 0.2) is 0 Å². The Bertz CT molecular complexity index is 666. The fraction of sp³-hybridized carbons (Fsp3) is 0.278. The van der Waals surface area contributed by atoms with Gasteiger partial charge in [0.05, 0.1) is 12.3 Å². The van der Waals surface area contributed by atoms with Crippen molar-refractivity contribution in [3.8, 4) is 0 Å². The molecular formula is C18H18Cl2NO+. The van der Waals surface area contributed by atoms with Gasteiger partial charge in [-0.05, 0) is 31.2 Å². The van der Waals surface area contributed by atoms with Gasteiger partial charge >= 0.3 is 0 Å². The Morgan fingerprint density at radius 1 is 0.909 bits per heavy atom. The first-order chi connectivity index (χ1) is 10.5. The predicted molar refractivity (Wildman–Crippen MR) is 89.1 cm³/mol. The number of Topliss-reactive ketones (excluding diaryl/α,β-unsaturated/α-hetero) is 1. The van der Waals surface area contributed by atoms with Gasteiger partial charge in [-0.25, -0.2) is 0 Å². The lowest BCUT2D eigenvalue weighted by molar-refractivity contribution is -0.742. The van der Waals surface area contributed by atoms with Crippen molar-refractivity contribution in [3.05, 3.63) is 69.7 Å². The van der Waals surface area contributed by atoms with Crippen LogP contribution >= 0.6 is 23.2 Å². The number of quaternary nitrogens is 1. The summed E-state index contributed by atoms with van der Waals surface area (Å²) in [6.45, 7) is 2.01. The summed E-state index contributed by atoms with van der Waals surface area (Å²) in [7, 11) is 0. The van der Waals surface area contributed by atoms with Gasteiger partial charge in [0.2, 0.25) is 0 Å². The van der Waals surface area contributed by atoms with Gasteiger partial charge in [-0.2, -0.15) is 0 Å². The third-order valence-electron chi connectivity index (χ3n) is 4.46. The van der Waals surface area contributed by atoms with Crippen LogP contribution in [-0.4, -0.2) is 5.78 Å². The minimum Gasteiger partial charge on any atom is -0.333 e. The first-order valence-electron chi connectivity index (χ1n) is 7.43. The van der Waals surface area contributed by atoms with E-state index < -0.39 is 0 Å². The second-order valence-electron chi connectivity index (χ2n) is 5.89. The molecule has 0 saturated carbocycles. The van der Waals surface area contributed by atoms with Crippen LogP contribution in [0.2, 0.25) is 10.0 Å². The van der Waals surface area contributed by atoms with Crippen LogP contribution in [0.15, 0.2) is 48.5 Å². The van der Waals surface area contributed by atoms with Gasteiger partial charge in [-0.15, -0.1) is 0 Å². The molecule has 4 heteroatoms. The summed E-state index contributed by atoms with van der Waals surface area (Å²) in [5.74, 6) is 0.312. The number of nitrogens with two attached hydrogens (primary N) is 1. The maximum Gasteiger partial charge on any atom is 0.148 e. The van der Waals surface area contributed by atoms with E-state index >= 15 is 0 Å². The quantitative estimate of drug-likeness (QED) is 0.886. The highest BCUT2D eigenvalue weighted by Gasteiger charge is 2.38. The molecule has 2 aromatic carbocycles. The fourth-order valence-corrected chi connectivity index (χ4v) is 3.36. The normalized spacial score (nSPS) is 25.2. The molecule has 0 amide bonds. The molecule has 0 aliphatic carbocycles. The smallest absolute Gasteiger partial charge is 0.148 e. The zero-order chi connectivity index (χ0) is 15.7. The van der Waals surface area contributed by atoms with E-state index in [0.29, 0.717) is 22.2 Å².